The molecule has 1 heterocycles. The molecule has 0 aliphatic heterocycles. The summed E-state index contributed by atoms with van der Waals surface area (Å²) in [7, 11) is 0. The van der Waals surface area contributed by atoms with E-state index in [0.29, 0.717) is 22.1 Å². The van der Waals surface area contributed by atoms with Crippen LogP contribution >= 0.6 is 35.8 Å². The minimum Gasteiger partial charge on any atom is -0.404 e. The van der Waals surface area contributed by atoms with Crippen molar-refractivity contribution in [2.75, 3.05) is 0 Å². The highest BCUT2D eigenvalue weighted by Crippen LogP contribution is 2.33. The molecule has 19 heavy (non-hydrogen) atoms. The molecule has 102 valence electrons. The lowest BCUT2D eigenvalue weighted by Crippen LogP contribution is -2.17. The number of halogens is 4. The van der Waals surface area contributed by atoms with Crippen LogP contribution < -0.4 is 4.74 Å². The van der Waals surface area contributed by atoms with E-state index in [1.165, 1.54) is 23.7 Å². The maximum atomic E-state index is 12.1. The fourth-order valence-corrected chi connectivity index (χ4v) is 2.27. The Kier molecular flexibility index (Phi) is 4.22. The Morgan fingerprint density at radius 1 is 1.37 bits per heavy atom. The van der Waals surface area contributed by atoms with E-state index < -0.39 is 12.1 Å². The Hall–Kier alpha value is -0.990. The first-order valence-corrected chi connectivity index (χ1v) is 6.66. The van der Waals surface area contributed by atoms with Crippen molar-refractivity contribution in [1.29, 1.82) is 0 Å². The molecule has 0 aliphatic carbocycles. The van der Waals surface area contributed by atoms with Crippen LogP contribution in [0, 0.1) is 0 Å². The van der Waals surface area contributed by atoms with E-state index in [1.54, 1.807) is 0 Å². The van der Waals surface area contributed by atoms with E-state index in [4.69, 9.17) is 11.6 Å². The summed E-state index contributed by atoms with van der Waals surface area (Å²) in [5.41, 5.74) is 0.517. The van der Waals surface area contributed by atoms with Gasteiger partial charge in [-0.3, -0.25) is 0 Å². The summed E-state index contributed by atoms with van der Waals surface area (Å²) >= 11 is 11.0. The highest BCUT2D eigenvalue weighted by atomic mass is 35.5. The molecule has 2 aromatic rings. The molecule has 0 N–H and O–H groups in total. The van der Waals surface area contributed by atoms with Crippen LogP contribution in [0.15, 0.2) is 18.2 Å². The number of aromatic nitrogens is 2. The molecule has 1 aromatic heterocycles. The van der Waals surface area contributed by atoms with Gasteiger partial charge in [-0.05, 0) is 29.7 Å². The predicted octanol–water partition coefficient (Wildman–Crippen LogP) is 4.19. The normalized spacial score (nSPS) is 11.6. The lowest BCUT2D eigenvalue weighted by molar-refractivity contribution is -0.274. The predicted molar refractivity (Wildman–Crippen MR) is 69.7 cm³/mol. The van der Waals surface area contributed by atoms with Crippen LogP contribution in [0.5, 0.6) is 5.75 Å². The molecule has 0 saturated heterocycles. The van der Waals surface area contributed by atoms with Gasteiger partial charge < -0.3 is 4.74 Å². The molecule has 0 radical (unpaired) electrons. The second-order valence-electron chi connectivity index (χ2n) is 3.36. The van der Waals surface area contributed by atoms with E-state index >= 15 is 0 Å². The van der Waals surface area contributed by atoms with Gasteiger partial charge in [-0.2, -0.15) is 17.0 Å². The van der Waals surface area contributed by atoms with Crippen LogP contribution in [0.2, 0.25) is 5.02 Å². The number of rotatable bonds is 3. The molecule has 0 atom stereocenters. The Balaban J connectivity index is 2.28. The smallest absolute Gasteiger partial charge is 0.404 e. The monoisotopic (exact) mass is 326 g/mol. The number of ether oxygens (including phenoxy) is 1. The maximum Gasteiger partial charge on any atom is 0.573 e. The molecule has 0 unspecified atom stereocenters. The van der Waals surface area contributed by atoms with Gasteiger partial charge in [-0.15, -0.1) is 13.2 Å². The molecular formula is C10H6ClF3N2OS2. The van der Waals surface area contributed by atoms with E-state index in [2.05, 4.69) is 26.7 Å². The molecule has 9 heteroatoms. The fourth-order valence-electron chi connectivity index (χ4n) is 1.28. The summed E-state index contributed by atoms with van der Waals surface area (Å²) in [6.45, 7) is 0. The van der Waals surface area contributed by atoms with Crippen LogP contribution in [0.1, 0.15) is 5.01 Å². The van der Waals surface area contributed by atoms with Gasteiger partial charge in [-0.1, -0.05) is 11.6 Å². The third-order valence-electron chi connectivity index (χ3n) is 2.02. The third kappa shape index (κ3) is 3.74. The van der Waals surface area contributed by atoms with E-state index in [9.17, 15) is 13.2 Å². The summed E-state index contributed by atoms with van der Waals surface area (Å²) < 4.78 is 44.1. The van der Waals surface area contributed by atoms with Crippen molar-refractivity contribution < 1.29 is 17.9 Å². The van der Waals surface area contributed by atoms with Crippen molar-refractivity contribution in [3.63, 3.8) is 0 Å². The average molecular weight is 327 g/mol. The van der Waals surface area contributed by atoms with Crippen LogP contribution in [-0.4, -0.2) is 15.7 Å². The van der Waals surface area contributed by atoms with E-state index in [1.807, 2.05) is 0 Å². The first-order valence-electron chi connectivity index (χ1n) is 4.88. The molecule has 2 rings (SSSR count). The number of nitrogens with zero attached hydrogens (tertiary/aromatic N) is 2. The lowest BCUT2D eigenvalue weighted by atomic mass is 10.2. The summed E-state index contributed by atoms with van der Waals surface area (Å²) in [6, 6.07) is 3.87. The zero-order valence-electron chi connectivity index (χ0n) is 9.11. The number of benzene rings is 1. The molecule has 1 aromatic carbocycles. The minimum absolute atomic E-state index is 0.156. The number of hydrogen-bond acceptors (Lipinski definition) is 5. The Labute approximate surface area is 121 Å². The minimum atomic E-state index is -4.77. The first-order chi connectivity index (χ1) is 8.89. The summed E-state index contributed by atoms with van der Waals surface area (Å²) in [6.07, 6.45) is -4.77. The second kappa shape index (κ2) is 5.56. The van der Waals surface area contributed by atoms with Gasteiger partial charge >= 0.3 is 6.36 Å². The van der Waals surface area contributed by atoms with Crippen LogP contribution in [0.25, 0.3) is 11.4 Å². The van der Waals surface area contributed by atoms with E-state index in [-0.39, 0.29) is 5.02 Å². The second-order valence-corrected chi connectivity index (χ2v) is 4.92. The highest BCUT2D eigenvalue weighted by molar-refractivity contribution is 7.79. The Morgan fingerprint density at radius 2 is 2.11 bits per heavy atom. The number of thiol groups is 1. The van der Waals surface area contributed by atoms with Crippen molar-refractivity contribution in [3.05, 3.63) is 28.2 Å². The molecule has 0 aliphatic rings. The summed E-state index contributed by atoms with van der Waals surface area (Å²) in [5, 5.41) is 0.558. The summed E-state index contributed by atoms with van der Waals surface area (Å²) in [4.78, 5) is 4.15. The van der Waals surface area contributed by atoms with Crippen molar-refractivity contribution in [1.82, 2.24) is 9.36 Å². The average Bonchev–Trinajstić information content (AvgIpc) is 2.79. The van der Waals surface area contributed by atoms with Crippen molar-refractivity contribution in [3.8, 4) is 17.1 Å². The molecule has 0 saturated carbocycles. The molecule has 0 spiro atoms. The van der Waals surface area contributed by atoms with Gasteiger partial charge in [0.05, 0.1) is 5.02 Å². The van der Waals surface area contributed by atoms with Crippen molar-refractivity contribution >= 4 is 35.8 Å². The van der Waals surface area contributed by atoms with Gasteiger partial charge in [0.25, 0.3) is 0 Å². The first kappa shape index (κ1) is 14.4. The molecule has 0 amide bonds. The van der Waals surface area contributed by atoms with Gasteiger partial charge in [0.1, 0.15) is 10.8 Å². The molecular weight excluding hydrogens is 321 g/mol. The van der Waals surface area contributed by atoms with E-state index in [0.717, 1.165) is 6.07 Å². The molecule has 0 fully saturated rings. The zero-order valence-corrected chi connectivity index (χ0v) is 11.6. The standard InChI is InChI=1S/C10H6ClF3N2OS2/c11-6-3-5(9-15-8(4-18)19-16-9)1-2-7(6)17-10(12,13)14/h1-3,18H,4H2. The van der Waals surface area contributed by atoms with Gasteiger partial charge in [0.2, 0.25) is 0 Å². The maximum absolute atomic E-state index is 12.1. The quantitative estimate of drug-likeness (QED) is 0.859. The Morgan fingerprint density at radius 3 is 2.63 bits per heavy atom. The van der Waals surface area contributed by atoms with Crippen LogP contribution in [-0.2, 0) is 5.75 Å². The summed E-state index contributed by atoms with van der Waals surface area (Å²) in [5.74, 6) is 0.387. The van der Waals surface area contributed by atoms with Gasteiger partial charge in [0.15, 0.2) is 5.82 Å². The number of alkyl halides is 3. The van der Waals surface area contributed by atoms with Crippen molar-refractivity contribution in [2.24, 2.45) is 0 Å². The lowest BCUT2D eigenvalue weighted by Gasteiger charge is -2.10. The highest BCUT2D eigenvalue weighted by Gasteiger charge is 2.32. The SMILES string of the molecule is FC(F)(F)Oc1ccc(-c2nsc(CS)n2)cc1Cl. The zero-order chi connectivity index (χ0) is 14.0. The van der Waals surface area contributed by atoms with Gasteiger partial charge in [-0.25, -0.2) is 4.98 Å². The largest absolute Gasteiger partial charge is 0.573 e. The van der Waals surface area contributed by atoms with Crippen molar-refractivity contribution in [2.45, 2.75) is 12.1 Å². The Bertz CT molecular complexity index is 588. The molecule has 3 nitrogen and oxygen atoms in total. The third-order valence-corrected chi connectivity index (χ3v) is 3.54. The number of hydrogen-bond donors (Lipinski definition) is 1. The van der Waals surface area contributed by atoms with Gasteiger partial charge in [0, 0.05) is 11.3 Å². The molecule has 0 bridgehead atoms. The van der Waals surface area contributed by atoms with Crippen LogP contribution in [0.4, 0.5) is 13.2 Å². The fraction of sp³-hybridized carbons (Fsp3) is 0.200. The topological polar surface area (TPSA) is 35.0 Å². The van der Waals surface area contributed by atoms with Crippen LogP contribution in [0.3, 0.4) is 0 Å².